The molecule has 0 bridgehead atoms. The van der Waals surface area contributed by atoms with Crippen LogP contribution in [-0.4, -0.2) is 37.3 Å². The average Bonchev–Trinajstić information content (AvgIpc) is 2.53. The van der Waals surface area contributed by atoms with Gasteiger partial charge in [-0.05, 0) is 38.2 Å². The highest BCUT2D eigenvalue weighted by Gasteiger charge is 2.23. The summed E-state index contributed by atoms with van der Waals surface area (Å²) in [6.45, 7) is 4.23. The molecule has 0 heterocycles. The first kappa shape index (κ1) is 16.5. The zero-order valence-corrected chi connectivity index (χ0v) is 14.0. The number of rotatable bonds is 8. The SMILES string of the molecule is CCOc1ccccc1OCCNC1CCCCC1SC. The van der Waals surface area contributed by atoms with Gasteiger partial charge < -0.3 is 14.8 Å². The van der Waals surface area contributed by atoms with Gasteiger partial charge in [-0.1, -0.05) is 25.0 Å². The third kappa shape index (κ3) is 5.11. The molecule has 118 valence electrons. The molecule has 2 unspecified atom stereocenters. The second-order valence-electron chi connectivity index (χ2n) is 5.35. The van der Waals surface area contributed by atoms with Gasteiger partial charge in [0.05, 0.1) is 6.61 Å². The molecule has 4 heteroatoms. The quantitative estimate of drug-likeness (QED) is 0.741. The van der Waals surface area contributed by atoms with Crippen molar-refractivity contribution < 1.29 is 9.47 Å². The molecule has 1 aromatic carbocycles. The maximum Gasteiger partial charge on any atom is 0.161 e. The van der Waals surface area contributed by atoms with Crippen LogP contribution in [0.15, 0.2) is 24.3 Å². The van der Waals surface area contributed by atoms with E-state index in [1.165, 1.54) is 25.7 Å². The minimum absolute atomic E-state index is 0.638. The Bertz CT molecular complexity index is 414. The number of thioether (sulfide) groups is 1. The van der Waals surface area contributed by atoms with Crippen molar-refractivity contribution >= 4 is 11.8 Å². The van der Waals surface area contributed by atoms with Crippen LogP contribution in [0, 0.1) is 0 Å². The number of para-hydroxylation sites is 2. The van der Waals surface area contributed by atoms with Crippen molar-refractivity contribution in [3.63, 3.8) is 0 Å². The Morgan fingerprint density at radius 1 is 1.14 bits per heavy atom. The highest BCUT2D eigenvalue weighted by Crippen LogP contribution is 2.28. The number of hydrogen-bond donors (Lipinski definition) is 1. The molecule has 3 nitrogen and oxygen atoms in total. The van der Waals surface area contributed by atoms with Gasteiger partial charge in [-0.3, -0.25) is 0 Å². The molecule has 1 N–H and O–H groups in total. The average molecular weight is 309 g/mol. The van der Waals surface area contributed by atoms with Crippen LogP contribution in [0.4, 0.5) is 0 Å². The normalized spacial score (nSPS) is 22.0. The van der Waals surface area contributed by atoms with Gasteiger partial charge in [0.2, 0.25) is 0 Å². The van der Waals surface area contributed by atoms with E-state index in [1.807, 2.05) is 43.0 Å². The first-order valence-corrected chi connectivity index (χ1v) is 9.24. The van der Waals surface area contributed by atoms with Crippen molar-refractivity contribution in [2.45, 2.75) is 43.9 Å². The second kappa shape index (κ2) is 9.21. The Morgan fingerprint density at radius 2 is 1.86 bits per heavy atom. The fraction of sp³-hybridized carbons (Fsp3) is 0.647. The predicted octanol–water partition coefficient (Wildman–Crippen LogP) is 3.73. The second-order valence-corrected chi connectivity index (χ2v) is 6.42. The van der Waals surface area contributed by atoms with Gasteiger partial charge in [-0.2, -0.15) is 11.8 Å². The van der Waals surface area contributed by atoms with E-state index < -0.39 is 0 Å². The molecule has 1 aliphatic rings. The molecule has 1 fully saturated rings. The summed E-state index contributed by atoms with van der Waals surface area (Å²) >= 11 is 1.99. The van der Waals surface area contributed by atoms with Crippen LogP contribution < -0.4 is 14.8 Å². The summed E-state index contributed by atoms with van der Waals surface area (Å²) < 4.78 is 11.4. The van der Waals surface area contributed by atoms with Crippen LogP contribution in [0.3, 0.4) is 0 Å². The molecule has 2 rings (SSSR count). The lowest BCUT2D eigenvalue weighted by molar-refractivity contribution is 0.266. The fourth-order valence-corrected chi connectivity index (χ4v) is 3.83. The third-order valence-corrected chi connectivity index (χ3v) is 5.09. The first-order valence-electron chi connectivity index (χ1n) is 7.96. The summed E-state index contributed by atoms with van der Waals surface area (Å²) in [4.78, 5) is 0. The van der Waals surface area contributed by atoms with Crippen molar-refractivity contribution in [1.82, 2.24) is 5.32 Å². The summed E-state index contributed by atoms with van der Waals surface area (Å²) in [6, 6.07) is 8.52. The van der Waals surface area contributed by atoms with Gasteiger partial charge >= 0.3 is 0 Å². The monoisotopic (exact) mass is 309 g/mol. The van der Waals surface area contributed by atoms with E-state index in [9.17, 15) is 0 Å². The molecular weight excluding hydrogens is 282 g/mol. The van der Waals surface area contributed by atoms with Crippen molar-refractivity contribution in [2.24, 2.45) is 0 Å². The Labute approximate surface area is 132 Å². The van der Waals surface area contributed by atoms with Crippen molar-refractivity contribution in [3.05, 3.63) is 24.3 Å². The maximum absolute atomic E-state index is 5.86. The zero-order valence-electron chi connectivity index (χ0n) is 13.1. The molecule has 0 aromatic heterocycles. The number of ether oxygens (including phenoxy) is 2. The van der Waals surface area contributed by atoms with Gasteiger partial charge in [0.25, 0.3) is 0 Å². The summed E-state index contributed by atoms with van der Waals surface area (Å²) in [5.74, 6) is 1.67. The van der Waals surface area contributed by atoms with Crippen LogP contribution in [-0.2, 0) is 0 Å². The zero-order chi connectivity index (χ0) is 14.9. The van der Waals surface area contributed by atoms with Crippen molar-refractivity contribution in [3.8, 4) is 11.5 Å². The Kier molecular flexibility index (Phi) is 7.24. The Hall–Kier alpha value is -0.870. The molecule has 1 saturated carbocycles. The minimum atomic E-state index is 0.638. The van der Waals surface area contributed by atoms with Crippen molar-refractivity contribution in [2.75, 3.05) is 26.0 Å². The number of hydrogen-bond acceptors (Lipinski definition) is 4. The third-order valence-electron chi connectivity index (χ3n) is 3.92. The Morgan fingerprint density at radius 3 is 2.57 bits per heavy atom. The predicted molar refractivity (Wildman–Crippen MR) is 90.7 cm³/mol. The van der Waals surface area contributed by atoms with Gasteiger partial charge in [0.15, 0.2) is 11.5 Å². The lowest BCUT2D eigenvalue weighted by Crippen LogP contribution is -2.42. The largest absolute Gasteiger partial charge is 0.490 e. The van der Waals surface area contributed by atoms with Gasteiger partial charge in [0, 0.05) is 17.8 Å². The molecular formula is C17H27NO2S. The molecule has 0 radical (unpaired) electrons. The molecule has 0 amide bonds. The highest BCUT2D eigenvalue weighted by atomic mass is 32.2. The lowest BCUT2D eigenvalue weighted by atomic mass is 9.95. The maximum atomic E-state index is 5.86. The summed E-state index contributed by atoms with van der Waals surface area (Å²) in [7, 11) is 0. The van der Waals surface area contributed by atoms with Crippen LogP contribution in [0.5, 0.6) is 11.5 Å². The molecule has 1 aliphatic carbocycles. The molecule has 0 aliphatic heterocycles. The summed E-state index contributed by atoms with van der Waals surface area (Å²) in [6.07, 6.45) is 7.58. The van der Waals surface area contributed by atoms with Gasteiger partial charge in [0.1, 0.15) is 6.61 Å². The van der Waals surface area contributed by atoms with E-state index >= 15 is 0 Å². The number of nitrogens with one attached hydrogen (secondary N) is 1. The van der Waals surface area contributed by atoms with Gasteiger partial charge in [-0.25, -0.2) is 0 Å². The van der Waals surface area contributed by atoms with Crippen LogP contribution >= 0.6 is 11.8 Å². The lowest BCUT2D eigenvalue weighted by Gasteiger charge is -2.31. The first-order chi connectivity index (χ1) is 10.3. The standard InChI is InChI=1S/C17H27NO2S/c1-3-19-15-9-5-6-10-16(15)20-13-12-18-14-8-4-7-11-17(14)21-2/h5-6,9-10,14,17-18H,3-4,7-8,11-13H2,1-2H3. The molecule has 0 saturated heterocycles. The van der Waals surface area contributed by atoms with Crippen LogP contribution in [0.1, 0.15) is 32.6 Å². The van der Waals surface area contributed by atoms with Crippen LogP contribution in [0.2, 0.25) is 0 Å². The van der Waals surface area contributed by atoms with E-state index in [1.54, 1.807) is 0 Å². The van der Waals surface area contributed by atoms with E-state index in [4.69, 9.17) is 9.47 Å². The topological polar surface area (TPSA) is 30.5 Å². The summed E-state index contributed by atoms with van der Waals surface area (Å²) in [5.41, 5.74) is 0. The summed E-state index contributed by atoms with van der Waals surface area (Å²) in [5, 5.41) is 4.42. The fourth-order valence-electron chi connectivity index (χ4n) is 2.86. The molecule has 0 spiro atoms. The smallest absolute Gasteiger partial charge is 0.161 e. The van der Waals surface area contributed by atoms with E-state index in [0.29, 0.717) is 19.3 Å². The van der Waals surface area contributed by atoms with Crippen molar-refractivity contribution in [1.29, 1.82) is 0 Å². The number of benzene rings is 1. The molecule has 2 atom stereocenters. The van der Waals surface area contributed by atoms with Gasteiger partial charge in [-0.15, -0.1) is 0 Å². The Balaban J connectivity index is 1.74. The molecule has 21 heavy (non-hydrogen) atoms. The molecule has 1 aromatic rings. The van der Waals surface area contributed by atoms with Crippen LogP contribution in [0.25, 0.3) is 0 Å². The van der Waals surface area contributed by atoms with E-state index in [2.05, 4.69) is 11.6 Å². The highest BCUT2D eigenvalue weighted by molar-refractivity contribution is 7.99. The minimum Gasteiger partial charge on any atom is -0.490 e. The van der Waals surface area contributed by atoms with E-state index in [-0.39, 0.29) is 0 Å². The van der Waals surface area contributed by atoms with E-state index in [0.717, 1.165) is 23.3 Å².